The summed E-state index contributed by atoms with van der Waals surface area (Å²) in [5.74, 6) is 0.603. The van der Waals surface area contributed by atoms with Gasteiger partial charge in [-0.1, -0.05) is 12.8 Å². The van der Waals surface area contributed by atoms with Crippen molar-refractivity contribution in [2.75, 3.05) is 13.7 Å². The third kappa shape index (κ3) is 3.47. The van der Waals surface area contributed by atoms with E-state index in [1.807, 2.05) is 0 Å². The van der Waals surface area contributed by atoms with Crippen molar-refractivity contribution in [2.24, 2.45) is 11.7 Å². The SMILES string of the molecule is COc1ccc(S(=O)(=O)NC2CCCCC2CN)cn1. The fourth-order valence-corrected chi connectivity index (χ4v) is 3.84. The van der Waals surface area contributed by atoms with Crippen LogP contribution in [0.5, 0.6) is 5.88 Å². The Morgan fingerprint density at radius 1 is 1.40 bits per heavy atom. The quantitative estimate of drug-likeness (QED) is 0.842. The van der Waals surface area contributed by atoms with E-state index in [1.165, 1.54) is 25.4 Å². The summed E-state index contributed by atoms with van der Waals surface area (Å²) in [7, 11) is -2.06. The van der Waals surface area contributed by atoms with Gasteiger partial charge in [0.1, 0.15) is 4.90 Å². The summed E-state index contributed by atoms with van der Waals surface area (Å²) in [6, 6.07) is 2.95. The Hall–Kier alpha value is -1.18. The minimum atomic E-state index is -3.55. The van der Waals surface area contributed by atoms with Gasteiger partial charge in [-0.25, -0.2) is 18.1 Å². The number of pyridine rings is 1. The van der Waals surface area contributed by atoms with Crippen molar-refractivity contribution >= 4 is 10.0 Å². The monoisotopic (exact) mass is 299 g/mol. The molecule has 1 aliphatic carbocycles. The molecule has 0 amide bonds. The van der Waals surface area contributed by atoms with Crippen molar-refractivity contribution in [2.45, 2.75) is 36.6 Å². The molecule has 0 spiro atoms. The van der Waals surface area contributed by atoms with E-state index in [0.29, 0.717) is 12.4 Å². The number of hydrogen-bond donors (Lipinski definition) is 2. The topological polar surface area (TPSA) is 94.3 Å². The van der Waals surface area contributed by atoms with Crippen LogP contribution in [0.25, 0.3) is 0 Å². The van der Waals surface area contributed by atoms with Crippen LogP contribution in [-0.4, -0.2) is 33.1 Å². The first kappa shape index (κ1) is 15.2. The lowest BCUT2D eigenvalue weighted by molar-refractivity contribution is 0.296. The third-order valence-electron chi connectivity index (χ3n) is 3.75. The standard InChI is InChI=1S/C13H21N3O3S/c1-19-13-7-6-11(9-15-13)20(17,18)16-12-5-3-2-4-10(12)8-14/h6-7,9-10,12,16H,2-5,8,14H2,1H3. The summed E-state index contributed by atoms with van der Waals surface area (Å²) in [5.41, 5.74) is 5.73. The highest BCUT2D eigenvalue weighted by Gasteiger charge is 2.28. The highest BCUT2D eigenvalue weighted by molar-refractivity contribution is 7.89. The molecule has 0 bridgehead atoms. The van der Waals surface area contributed by atoms with Crippen molar-refractivity contribution in [1.29, 1.82) is 0 Å². The molecule has 112 valence electrons. The van der Waals surface area contributed by atoms with Gasteiger partial charge in [0.2, 0.25) is 15.9 Å². The lowest BCUT2D eigenvalue weighted by Crippen LogP contribution is -2.44. The Bertz CT molecular complexity index is 530. The Labute approximate surface area is 119 Å². The maximum absolute atomic E-state index is 12.3. The van der Waals surface area contributed by atoms with Crippen LogP contribution in [-0.2, 0) is 10.0 Å². The number of ether oxygens (including phenoxy) is 1. The number of rotatable bonds is 5. The fourth-order valence-electron chi connectivity index (χ4n) is 2.56. The Morgan fingerprint density at radius 3 is 2.75 bits per heavy atom. The van der Waals surface area contributed by atoms with Gasteiger partial charge in [-0.05, 0) is 31.4 Å². The maximum Gasteiger partial charge on any atom is 0.242 e. The Balaban J connectivity index is 2.12. The summed E-state index contributed by atoms with van der Waals surface area (Å²) in [4.78, 5) is 4.08. The minimum Gasteiger partial charge on any atom is -0.481 e. The molecule has 6 nitrogen and oxygen atoms in total. The van der Waals surface area contributed by atoms with Gasteiger partial charge in [0.25, 0.3) is 0 Å². The lowest BCUT2D eigenvalue weighted by atomic mass is 9.85. The average molecular weight is 299 g/mol. The minimum absolute atomic E-state index is 0.0825. The summed E-state index contributed by atoms with van der Waals surface area (Å²) in [5, 5.41) is 0. The highest BCUT2D eigenvalue weighted by atomic mass is 32.2. The summed E-state index contributed by atoms with van der Waals surface area (Å²) < 4.78 is 32.3. The van der Waals surface area contributed by atoms with E-state index in [2.05, 4.69) is 9.71 Å². The summed E-state index contributed by atoms with van der Waals surface area (Å²) >= 11 is 0. The van der Waals surface area contributed by atoms with Crippen molar-refractivity contribution < 1.29 is 13.2 Å². The lowest BCUT2D eigenvalue weighted by Gasteiger charge is -2.30. The van der Waals surface area contributed by atoms with Crippen molar-refractivity contribution in [3.05, 3.63) is 18.3 Å². The van der Waals surface area contributed by atoms with Gasteiger partial charge in [-0.2, -0.15) is 0 Å². The zero-order valence-corrected chi connectivity index (χ0v) is 12.4. The zero-order valence-electron chi connectivity index (χ0n) is 11.6. The maximum atomic E-state index is 12.3. The number of aromatic nitrogens is 1. The van der Waals surface area contributed by atoms with Gasteiger partial charge in [0.15, 0.2) is 0 Å². The van der Waals surface area contributed by atoms with E-state index in [4.69, 9.17) is 10.5 Å². The molecule has 2 atom stereocenters. The van der Waals surface area contributed by atoms with E-state index in [0.717, 1.165) is 25.7 Å². The predicted molar refractivity (Wildman–Crippen MR) is 75.9 cm³/mol. The summed E-state index contributed by atoms with van der Waals surface area (Å²) in [6.45, 7) is 0.508. The predicted octanol–water partition coefficient (Wildman–Crippen LogP) is 0.886. The van der Waals surface area contributed by atoms with Crippen LogP contribution in [0.3, 0.4) is 0 Å². The smallest absolute Gasteiger partial charge is 0.242 e. The van der Waals surface area contributed by atoms with Crippen LogP contribution in [0.2, 0.25) is 0 Å². The molecule has 7 heteroatoms. The first-order chi connectivity index (χ1) is 9.56. The number of methoxy groups -OCH3 is 1. The molecule has 1 aromatic heterocycles. The molecule has 1 heterocycles. The van der Waals surface area contributed by atoms with E-state index in [1.54, 1.807) is 0 Å². The highest BCUT2D eigenvalue weighted by Crippen LogP contribution is 2.25. The van der Waals surface area contributed by atoms with Crippen molar-refractivity contribution in [3.8, 4) is 5.88 Å². The number of nitrogens with one attached hydrogen (secondary N) is 1. The van der Waals surface area contributed by atoms with E-state index >= 15 is 0 Å². The average Bonchev–Trinajstić information content (AvgIpc) is 2.47. The van der Waals surface area contributed by atoms with Crippen LogP contribution in [0, 0.1) is 5.92 Å². The second kappa shape index (κ2) is 6.51. The molecular weight excluding hydrogens is 278 g/mol. The van der Waals surface area contributed by atoms with Crippen LogP contribution >= 0.6 is 0 Å². The molecule has 2 unspecified atom stereocenters. The molecule has 2 rings (SSSR count). The second-order valence-corrected chi connectivity index (χ2v) is 6.76. The van der Waals surface area contributed by atoms with Crippen molar-refractivity contribution in [1.82, 2.24) is 9.71 Å². The molecule has 1 fully saturated rings. The van der Waals surface area contributed by atoms with Gasteiger partial charge in [-0.3, -0.25) is 0 Å². The van der Waals surface area contributed by atoms with Crippen LogP contribution in [0.15, 0.2) is 23.2 Å². The first-order valence-electron chi connectivity index (χ1n) is 6.79. The van der Waals surface area contributed by atoms with Gasteiger partial charge in [-0.15, -0.1) is 0 Å². The van der Waals surface area contributed by atoms with E-state index in [-0.39, 0.29) is 16.9 Å². The molecule has 0 radical (unpaired) electrons. The molecule has 1 aliphatic rings. The van der Waals surface area contributed by atoms with E-state index < -0.39 is 10.0 Å². The summed E-state index contributed by atoms with van der Waals surface area (Å²) in [6.07, 6.45) is 5.27. The number of nitrogens with zero attached hydrogens (tertiary/aromatic N) is 1. The molecule has 0 aliphatic heterocycles. The molecule has 1 saturated carbocycles. The number of sulfonamides is 1. The first-order valence-corrected chi connectivity index (χ1v) is 8.27. The number of hydrogen-bond acceptors (Lipinski definition) is 5. The molecule has 3 N–H and O–H groups in total. The largest absolute Gasteiger partial charge is 0.481 e. The molecular formula is C13H21N3O3S. The molecule has 20 heavy (non-hydrogen) atoms. The van der Waals surface area contributed by atoms with Gasteiger partial charge < -0.3 is 10.5 Å². The molecule has 1 aromatic rings. The van der Waals surface area contributed by atoms with Crippen LogP contribution < -0.4 is 15.2 Å². The van der Waals surface area contributed by atoms with Gasteiger partial charge >= 0.3 is 0 Å². The fraction of sp³-hybridized carbons (Fsp3) is 0.615. The number of nitrogens with two attached hydrogens (primary N) is 1. The van der Waals surface area contributed by atoms with Crippen LogP contribution in [0.1, 0.15) is 25.7 Å². The van der Waals surface area contributed by atoms with Crippen molar-refractivity contribution in [3.63, 3.8) is 0 Å². The Kier molecular flexibility index (Phi) is 4.95. The zero-order chi connectivity index (χ0) is 14.6. The normalized spacial score (nSPS) is 23.5. The van der Waals surface area contributed by atoms with Crippen LogP contribution in [0.4, 0.5) is 0 Å². The second-order valence-electron chi connectivity index (χ2n) is 5.04. The third-order valence-corrected chi connectivity index (χ3v) is 5.22. The van der Waals surface area contributed by atoms with Gasteiger partial charge in [0.05, 0.1) is 13.3 Å². The molecule has 0 saturated heterocycles. The Morgan fingerprint density at radius 2 is 2.15 bits per heavy atom. The van der Waals surface area contributed by atoms with E-state index in [9.17, 15) is 8.42 Å². The van der Waals surface area contributed by atoms with Gasteiger partial charge in [0, 0.05) is 12.1 Å². The molecule has 0 aromatic carbocycles.